The Bertz CT molecular complexity index is 854. The molecule has 0 atom stereocenters. The van der Waals surface area contributed by atoms with E-state index in [-0.39, 0.29) is 12.5 Å². The Balaban J connectivity index is 2.71. The molecule has 25 heavy (non-hydrogen) atoms. The summed E-state index contributed by atoms with van der Waals surface area (Å²) in [7, 11) is 0. The molecule has 0 bridgehead atoms. The Labute approximate surface area is 148 Å². The number of nitrogens with two attached hydrogens (primary N) is 1. The maximum Gasteiger partial charge on any atom is 0.332 e. The number of halogens is 2. The number of thiophene rings is 1. The Hall–Kier alpha value is -1.58. The number of hydrogen-bond acceptors (Lipinski definition) is 5. The minimum atomic E-state index is -2.67. The molecule has 0 amide bonds. The highest BCUT2D eigenvalue weighted by molar-refractivity contribution is 7.18. The molecule has 0 saturated carbocycles. The van der Waals surface area contributed by atoms with Crippen LogP contribution >= 0.6 is 11.3 Å². The minimum absolute atomic E-state index is 0.0486. The van der Waals surface area contributed by atoms with E-state index >= 15 is 0 Å². The van der Waals surface area contributed by atoms with Crippen molar-refractivity contribution in [3.63, 3.8) is 0 Å². The zero-order valence-electron chi connectivity index (χ0n) is 14.6. The number of hydrogen-bond donors (Lipinski definition) is 2. The van der Waals surface area contributed by atoms with Gasteiger partial charge in [-0.2, -0.15) is 0 Å². The molecular weight excluding hydrogens is 350 g/mol. The lowest BCUT2D eigenvalue weighted by Crippen LogP contribution is -2.41. The van der Waals surface area contributed by atoms with E-state index in [2.05, 4.69) is 5.32 Å². The summed E-state index contributed by atoms with van der Waals surface area (Å²) in [5.41, 5.74) is 5.11. The summed E-state index contributed by atoms with van der Waals surface area (Å²) in [6, 6.07) is 0. The molecule has 0 spiro atoms. The van der Waals surface area contributed by atoms with Crippen LogP contribution < -0.4 is 22.3 Å². The normalized spacial score (nSPS) is 12.0. The minimum Gasteiger partial charge on any atom is -0.329 e. The van der Waals surface area contributed by atoms with Crippen molar-refractivity contribution in [2.24, 2.45) is 11.7 Å². The quantitative estimate of drug-likeness (QED) is 0.686. The van der Waals surface area contributed by atoms with Crippen LogP contribution in [0.2, 0.25) is 0 Å². The van der Waals surface area contributed by atoms with Crippen LogP contribution in [-0.2, 0) is 19.6 Å². The van der Waals surface area contributed by atoms with Gasteiger partial charge in [0.1, 0.15) is 4.83 Å². The van der Waals surface area contributed by atoms with E-state index in [1.54, 1.807) is 6.92 Å². The molecule has 2 aromatic heterocycles. The summed E-state index contributed by atoms with van der Waals surface area (Å²) in [4.78, 5) is 26.6. The van der Waals surface area contributed by atoms with Crippen LogP contribution in [0.1, 0.15) is 24.3 Å². The predicted octanol–water partition coefficient (Wildman–Crippen LogP) is 1.50. The van der Waals surface area contributed by atoms with Gasteiger partial charge in [-0.05, 0) is 18.4 Å². The number of rotatable bonds is 8. The number of nitrogens with one attached hydrogen (secondary N) is 1. The molecule has 2 heterocycles. The van der Waals surface area contributed by atoms with Gasteiger partial charge >= 0.3 is 5.69 Å². The molecule has 0 aliphatic rings. The molecule has 0 fully saturated rings. The molecule has 0 radical (unpaired) electrons. The lowest BCUT2D eigenvalue weighted by molar-refractivity contribution is 0.126. The molecule has 140 valence electrons. The van der Waals surface area contributed by atoms with Crippen molar-refractivity contribution in [1.82, 2.24) is 14.5 Å². The van der Waals surface area contributed by atoms with E-state index < -0.39 is 24.2 Å². The van der Waals surface area contributed by atoms with Crippen molar-refractivity contribution in [3.05, 3.63) is 31.3 Å². The molecule has 0 aromatic carbocycles. The van der Waals surface area contributed by atoms with Gasteiger partial charge in [0.15, 0.2) is 0 Å². The first-order valence-corrected chi connectivity index (χ1v) is 9.04. The van der Waals surface area contributed by atoms with Gasteiger partial charge in [-0.1, -0.05) is 13.8 Å². The molecule has 0 aliphatic carbocycles. The largest absolute Gasteiger partial charge is 0.332 e. The van der Waals surface area contributed by atoms with Crippen molar-refractivity contribution in [3.8, 4) is 0 Å². The van der Waals surface area contributed by atoms with Crippen molar-refractivity contribution in [2.45, 2.75) is 46.8 Å². The summed E-state index contributed by atoms with van der Waals surface area (Å²) in [6.07, 6.45) is -2.67. The fraction of sp³-hybridized carbons (Fsp3) is 0.625. The number of aryl methyl sites for hydroxylation is 1. The third-order valence-corrected chi connectivity index (χ3v) is 5.18. The van der Waals surface area contributed by atoms with Crippen LogP contribution in [0.25, 0.3) is 10.2 Å². The monoisotopic (exact) mass is 374 g/mol. The second kappa shape index (κ2) is 8.20. The van der Waals surface area contributed by atoms with Crippen molar-refractivity contribution >= 4 is 21.6 Å². The smallest absolute Gasteiger partial charge is 0.329 e. The molecular formula is C16H24F2N4O2S. The van der Waals surface area contributed by atoms with Gasteiger partial charge in [0.05, 0.1) is 11.9 Å². The maximum atomic E-state index is 13.0. The van der Waals surface area contributed by atoms with Crippen molar-refractivity contribution in [2.75, 3.05) is 13.1 Å². The summed E-state index contributed by atoms with van der Waals surface area (Å²) >= 11 is 1.21. The average molecular weight is 374 g/mol. The summed E-state index contributed by atoms with van der Waals surface area (Å²) in [5, 5.41) is 3.49. The van der Waals surface area contributed by atoms with E-state index in [0.717, 1.165) is 19.6 Å². The van der Waals surface area contributed by atoms with Crippen LogP contribution in [0.4, 0.5) is 8.78 Å². The second-order valence-electron chi connectivity index (χ2n) is 6.39. The highest BCUT2D eigenvalue weighted by Gasteiger charge is 2.21. The fourth-order valence-electron chi connectivity index (χ4n) is 2.74. The summed E-state index contributed by atoms with van der Waals surface area (Å²) in [5.74, 6) is 0.0486. The second-order valence-corrected chi connectivity index (χ2v) is 7.47. The zero-order valence-corrected chi connectivity index (χ0v) is 15.5. The van der Waals surface area contributed by atoms with Gasteiger partial charge in [0, 0.05) is 31.1 Å². The van der Waals surface area contributed by atoms with E-state index in [0.29, 0.717) is 29.9 Å². The van der Waals surface area contributed by atoms with Crippen LogP contribution in [0.15, 0.2) is 9.59 Å². The standard InChI is InChI=1S/C16H24F2N4O2S/c1-9(2)7-21-14(23)13-10(3)11(6-20-5-4-19)25-15(13)22(16(21)24)8-12(17)18/h9,12,20H,4-8,19H2,1-3H3. The molecule has 2 rings (SSSR count). The Morgan fingerprint density at radius 3 is 2.44 bits per heavy atom. The lowest BCUT2D eigenvalue weighted by Gasteiger charge is -2.13. The highest BCUT2D eigenvalue weighted by Crippen LogP contribution is 2.28. The Morgan fingerprint density at radius 1 is 1.20 bits per heavy atom. The van der Waals surface area contributed by atoms with E-state index in [1.807, 2.05) is 13.8 Å². The third-order valence-electron chi connectivity index (χ3n) is 3.87. The number of aromatic nitrogens is 2. The summed E-state index contributed by atoms with van der Waals surface area (Å²) in [6.45, 7) is 6.57. The van der Waals surface area contributed by atoms with Crippen LogP contribution in [0.3, 0.4) is 0 Å². The van der Waals surface area contributed by atoms with Gasteiger partial charge in [-0.25, -0.2) is 13.6 Å². The van der Waals surface area contributed by atoms with Gasteiger partial charge in [-0.15, -0.1) is 11.3 Å². The topological polar surface area (TPSA) is 82.1 Å². The Morgan fingerprint density at radius 2 is 1.88 bits per heavy atom. The molecule has 0 aliphatic heterocycles. The van der Waals surface area contributed by atoms with Gasteiger partial charge in [0.25, 0.3) is 12.0 Å². The zero-order chi connectivity index (χ0) is 18.7. The molecule has 6 nitrogen and oxygen atoms in total. The maximum absolute atomic E-state index is 13.0. The number of alkyl halides is 2. The molecule has 0 unspecified atom stereocenters. The fourth-order valence-corrected chi connectivity index (χ4v) is 4.01. The first-order chi connectivity index (χ1) is 11.8. The van der Waals surface area contributed by atoms with Crippen LogP contribution in [0, 0.1) is 12.8 Å². The van der Waals surface area contributed by atoms with Crippen LogP contribution in [-0.4, -0.2) is 28.6 Å². The molecule has 3 N–H and O–H groups in total. The van der Waals surface area contributed by atoms with E-state index in [9.17, 15) is 18.4 Å². The highest BCUT2D eigenvalue weighted by atomic mass is 32.1. The van der Waals surface area contributed by atoms with E-state index in [1.165, 1.54) is 11.3 Å². The number of fused-ring (bicyclic) bond motifs is 1. The molecule has 9 heteroatoms. The van der Waals surface area contributed by atoms with Crippen molar-refractivity contribution < 1.29 is 8.78 Å². The number of nitrogens with zero attached hydrogens (tertiary/aromatic N) is 2. The molecule has 0 saturated heterocycles. The predicted molar refractivity (Wildman–Crippen MR) is 96.7 cm³/mol. The van der Waals surface area contributed by atoms with Crippen LogP contribution in [0.5, 0.6) is 0 Å². The SMILES string of the molecule is Cc1c(CNCCN)sc2c1c(=O)n(CC(C)C)c(=O)n2CC(F)F. The molecule has 2 aromatic rings. The average Bonchev–Trinajstić information content (AvgIpc) is 2.85. The first-order valence-electron chi connectivity index (χ1n) is 8.22. The van der Waals surface area contributed by atoms with Gasteiger partial charge < -0.3 is 11.1 Å². The van der Waals surface area contributed by atoms with Gasteiger partial charge in [-0.3, -0.25) is 13.9 Å². The lowest BCUT2D eigenvalue weighted by atomic mass is 10.2. The van der Waals surface area contributed by atoms with Crippen molar-refractivity contribution in [1.29, 1.82) is 0 Å². The van der Waals surface area contributed by atoms with Gasteiger partial charge in [0.2, 0.25) is 0 Å². The van der Waals surface area contributed by atoms with E-state index in [4.69, 9.17) is 5.73 Å². The Kier molecular flexibility index (Phi) is 6.47. The summed E-state index contributed by atoms with van der Waals surface area (Å²) < 4.78 is 28.1. The third kappa shape index (κ3) is 4.16. The first kappa shape index (κ1) is 19.7.